The Bertz CT molecular complexity index is 579. The van der Waals surface area contributed by atoms with Crippen LogP contribution in [0.4, 0.5) is 18.9 Å². The Labute approximate surface area is 145 Å². The zero-order valence-electron chi connectivity index (χ0n) is 14.0. The first-order valence-corrected chi connectivity index (χ1v) is 8.58. The molecule has 0 spiro atoms. The SMILES string of the molecule is O=C(CCC1CCCCC1)Nc1ccc(CNC(=O)C(F)(F)F)cc1. The van der Waals surface area contributed by atoms with Crippen LogP contribution >= 0.6 is 0 Å². The number of amides is 2. The van der Waals surface area contributed by atoms with Gasteiger partial charge in [0.2, 0.25) is 5.91 Å². The smallest absolute Gasteiger partial charge is 0.344 e. The molecule has 2 N–H and O–H groups in total. The lowest BCUT2D eigenvalue weighted by Crippen LogP contribution is -2.36. The summed E-state index contributed by atoms with van der Waals surface area (Å²) in [5.74, 6) is -1.38. The largest absolute Gasteiger partial charge is 0.471 e. The molecule has 1 aliphatic rings. The molecule has 2 amide bonds. The van der Waals surface area contributed by atoms with Crippen LogP contribution in [0, 0.1) is 5.92 Å². The Kier molecular flexibility index (Phi) is 6.84. The molecule has 4 nitrogen and oxygen atoms in total. The van der Waals surface area contributed by atoms with Crippen molar-refractivity contribution >= 4 is 17.5 Å². The van der Waals surface area contributed by atoms with Gasteiger partial charge in [0.15, 0.2) is 0 Å². The van der Waals surface area contributed by atoms with Crippen molar-refractivity contribution in [2.45, 2.75) is 57.7 Å². The fraction of sp³-hybridized carbons (Fsp3) is 0.556. The van der Waals surface area contributed by atoms with Gasteiger partial charge >= 0.3 is 12.1 Å². The van der Waals surface area contributed by atoms with Gasteiger partial charge in [0, 0.05) is 18.7 Å². The molecule has 0 aromatic heterocycles. The average molecular weight is 356 g/mol. The van der Waals surface area contributed by atoms with E-state index in [9.17, 15) is 22.8 Å². The van der Waals surface area contributed by atoms with E-state index in [2.05, 4.69) is 5.32 Å². The van der Waals surface area contributed by atoms with E-state index in [0.29, 0.717) is 23.6 Å². The summed E-state index contributed by atoms with van der Waals surface area (Å²) in [5.41, 5.74) is 1.12. The molecule has 1 saturated carbocycles. The van der Waals surface area contributed by atoms with Gasteiger partial charge in [-0.3, -0.25) is 9.59 Å². The number of rotatable bonds is 6. The minimum atomic E-state index is -4.88. The topological polar surface area (TPSA) is 58.2 Å². The number of benzene rings is 1. The molecule has 0 radical (unpaired) electrons. The van der Waals surface area contributed by atoms with Gasteiger partial charge in [-0.15, -0.1) is 0 Å². The van der Waals surface area contributed by atoms with Crippen molar-refractivity contribution in [3.05, 3.63) is 29.8 Å². The summed E-state index contributed by atoms with van der Waals surface area (Å²) in [6.45, 7) is -0.214. The maximum atomic E-state index is 12.1. The standard InChI is InChI=1S/C18H23F3N2O2/c19-18(20,21)17(25)22-12-14-6-9-15(10-7-14)23-16(24)11-8-13-4-2-1-3-5-13/h6-7,9-10,13H,1-5,8,11-12H2,(H,22,25)(H,23,24). The molecular weight excluding hydrogens is 333 g/mol. The molecule has 0 aliphatic heterocycles. The van der Waals surface area contributed by atoms with Crippen molar-refractivity contribution in [2.24, 2.45) is 5.92 Å². The van der Waals surface area contributed by atoms with Gasteiger partial charge in [-0.2, -0.15) is 13.2 Å². The predicted octanol–water partition coefficient (Wildman–Crippen LogP) is 4.16. The summed E-state index contributed by atoms with van der Waals surface area (Å²) < 4.78 is 36.3. The predicted molar refractivity (Wildman–Crippen MR) is 88.8 cm³/mol. The molecule has 1 fully saturated rings. The van der Waals surface area contributed by atoms with Gasteiger partial charge in [0.05, 0.1) is 0 Å². The Morgan fingerprint density at radius 1 is 1.04 bits per heavy atom. The van der Waals surface area contributed by atoms with Crippen molar-refractivity contribution in [1.82, 2.24) is 5.32 Å². The third-order valence-corrected chi connectivity index (χ3v) is 4.45. The van der Waals surface area contributed by atoms with E-state index in [-0.39, 0.29) is 12.5 Å². The second-order valence-corrected chi connectivity index (χ2v) is 6.47. The summed E-state index contributed by atoms with van der Waals surface area (Å²) in [6.07, 6.45) is 2.68. The van der Waals surface area contributed by atoms with Crippen molar-refractivity contribution in [3.63, 3.8) is 0 Å². The Morgan fingerprint density at radius 3 is 2.28 bits per heavy atom. The maximum absolute atomic E-state index is 12.1. The van der Waals surface area contributed by atoms with Gasteiger partial charge in [-0.1, -0.05) is 44.2 Å². The van der Waals surface area contributed by atoms with E-state index < -0.39 is 12.1 Å². The van der Waals surface area contributed by atoms with E-state index in [1.54, 1.807) is 29.6 Å². The van der Waals surface area contributed by atoms with Gasteiger partial charge in [-0.25, -0.2) is 0 Å². The van der Waals surface area contributed by atoms with E-state index in [4.69, 9.17) is 0 Å². The molecule has 0 atom stereocenters. The number of anilines is 1. The lowest BCUT2D eigenvalue weighted by molar-refractivity contribution is -0.173. The van der Waals surface area contributed by atoms with Crippen LogP contribution in [0.5, 0.6) is 0 Å². The van der Waals surface area contributed by atoms with Crippen LogP contribution in [0.1, 0.15) is 50.5 Å². The Balaban J connectivity index is 1.73. The number of nitrogens with one attached hydrogen (secondary N) is 2. The van der Waals surface area contributed by atoms with Crippen LogP contribution in [-0.2, 0) is 16.1 Å². The number of halogens is 3. The normalized spacial score (nSPS) is 15.6. The molecule has 2 rings (SSSR count). The summed E-state index contributed by atoms with van der Waals surface area (Å²) >= 11 is 0. The fourth-order valence-electron chi connectivity index (χ4n) is 3.02. The number of hydrogen-bond acceptors (Lipinski definition) is 2. The number of carbonyl (C=O) groups is 2. The highest BCUT2D eigenvalue weighted by Crippen LogP contribution is 2.27. The molecular formula is C18H23F3N2O2. The quantitative estimate of drug-likeness (QED) is 0.804. The van der Waals surface area contributed by atoms with Crippen LogP contribution in [0.15, 0.2) is 24.3 Å². The van der Waals surface area contributed by atoms with Crippen LogP contribution in [-0.4, -0.2) is 18.0 Å². The monoisotopic (exact) mass is 356 g/mol. The minimum absolute atomic E-state index is 0.0521. The lowest BCUT2D eigenvalue weighted by Gasteiger charge is -2.21. The molecule has 1 aromatic carbocycles. The van der Waals surface area contributed by atoms with E-state index >= 15 is 0 Å². The average Bonchev–Trinajstić information content (AvgIpc) is 2.59. The number of hydrogen-bond donors (Lipinski definition) is 2. The van der Waals surface area contributed by atoms with Crippen molar-refractivity contribution in [3.8, 4) is 0 Å². The van der Waals surface area contributed by atoms with Gasteiger partial charge in [-0.05, 0) is 30.0 Å². The highest BCUT2D eigenvalue weighted by molar-refractivity contribution is 5.90. The molecule has 0 bridgehead atoms. The summed E-state index contributed by atoms with van der Waals surface area (Å²) in [5, 5.41) is 4.60. The molecule has 1 aliphatic carbocycles. The molecule has 138 valence electrons. The molecule has 1 aromatic rings. The fourth-order valence-corrected chi connectivity index (χ4v) is 3.02. The third-order valence-electron chi connectivity index (χ3n) is 4.45. The zero-order chi connectivity index (χ0) is 18.3. The van der Waals surface area contributed by atoms with Crippen LogP contribution in [0.2, 0.25) is 0 Å². The van der Waals surface area contributed by atoms with Crippen molar-refractivity contribution in [2.75, 3.05) is 5.32 Å². The van der Waals surface area contributed by atoms with Crippen LogP contribution in [0.3, 0.4) is 0 Å². The molecule has 25 heavy (non-hydrogen) atoms. The van der Waals surface area contributed by atoms with Crippen LogP contribution < -0.4 is 10.6 Å². The first-order valence-electron chi connectivity index (χ1n) is 8.58. The summed E-state index contributed by atoms with van der Waals surface area (Å²) in [4.78, 5) is 22.7. The highest BCUT2D eigenvalue weighted by Gasteiger charge is 2.38. The Morgan fingerprint density at radius 2 is 1.68 bits per heavy atom. The van der Waals surface area contributed by atoms with Crippen molar-refractivity contribution in [1.29, 1.82) is 0 Å². The Hall–Kier alpha value is -2.05. The van der Waals surface area contributed by atoms with Crippen molar-refractivity contribution < 1.29 is 22.8 Å². The van der Waals surface area contributed by atoms with E-state index in [0.717, 1.165) is 6.42 Å². The molecule has 0 unspecified atom stereocenters. The second kappa shape index (κ2) is 8.87. The van der Waals surface area contributed by atoms with Gasteiger partial charge < -0.3 is 10.6 Å². The molecule has 7 heteroatoms. The summed E-state index contributed by atoms with van der Waals surface area (Å²) in [6, 6.07) is 6.39. The first kappa shape index (κ1) is 19.3. The van der Waals surface area contributed by atoms with Gasteiger partial charge in [0.25, 0.3) is 0 Å². The second-order valence-electron chi connectivity index (χ2n) is 6.47. The number of alkyl halides is 3. The maximum Gasteiger partial charge on any atom is 0.471 e. The van der Waals surface area contributed by atoms with E-state index in [1.807, 2.05) is 0 Å². The first-order chi connectivity index (χ1) is 11.8. The van der Waals surface area contributed by atoms with Gasteiger partial charge in [0.1, 0.15) is 0 Å². The summed E-state index contributed by atoms with van der Waals surface area (Å²) in [7, 11) is 0. The minimum Gasteiger partial charge on any atom is -0.344 e. The molecule has 0 heterocycles. The van der Waals surface area contributed by atoms with Crippen LogP contribution in [0.25, 0.3) is 0 Å². The van der Waals surface area contributed by atoms with E-state index in [1.165, 1.54) is 32.1 Å². The zero-order valence-corrected chi connectivity index (χ0v) is 14.0. The lowest BCUT2D eigenvalue weighted by atomic mass is 9.86. The molecule has 0 saturated heterocycles. The third kappa shape index (κ3) is 6.76. The highest BCUT2D eigenvalue weighted by atomic mass is 19.4. The number of carbonyl (C=O) groups excluding carboxylic acids is 2.